The third-order valence-electron chi connectivity index (χ3n) is 4.87. The molecule has 0 aromatic heterocycles. The largest absolute Gasteiger partial charge is 0.495 e. The van der Waals surface area contributed by atoms with Crippen molar-refractivity contribution in [1.29, 1.82) is 0 Å². The summed E-state index contributed by atoms with van der Waals surface area (Å²) in [7, 11) is 3.26. The molecule has 2 aliphatic rings. The standard InChI is InChI=1S/C19H19ClN2O3S/c1-19-10-13(12-5-4-6-16(24-3)17(12)25-19)21-18(26)22(19)14-9-11(20)7-8-15(14)23-2/h4-9,13H,10H2,1-3H3,(H,21,26). The fourth-order valence-corrected chi connectivity index (χ4v) is 4.32. The maximum Gasteiger partial charge on any atom is 0.188 e. The number of rotatable bonds is 3. The first-order valence-electron chi connectivity index (χ1n) is 8.27. The van der Waals surface area contributed by atoms with Crippen molar-refractivity contribution in [2.75, 3.05) is 19.1 Å². The van der Waals surface area contributed by atoms with E-state index in [1.54, 1.807) is 20.3 Å². The van der Waals surface area contributed by atoms with Crippen molar-refractivity contribution in [3.8, 4) is 17.2 Å². The molecule has 1 fully saturated rings. The Morgan fingerprint density at radius 1 is 1.23 bits per heavy atom. The van der Waals surface area contributed by atoms with Gasteiger partial charge in [0.15, 0.2) is 22.3 Å². The summed E-state index contributed by atoms with van der Waals surface area (Å²) in [6.45, 7) is 2.02. The van der Waals surface area contributed by atoms with Crippen molar-refractivity contribution in [2.45, 2.75) is 25.1 Å². The Hall–Kier alpha value is -2.18. The van der Waals surface area contributed by atoms with Crippen LogP contribution in [0.4, 0.5) is 5.69 Å². The summed E-state index contributed by atoms with van der Waals surface area (Å²) < 4.78 is 17.5. The number of halogens is 1. The van der Waals surface area contributed by atoms with Crippen LogP contribution in [0.3, 0.4) is 0 Å². The van der Waals surface area contributed by atoms with E-state index in [9.17, 15) is 0 Å². The molecule has 5 nitrogen and oxygen atoms in total. The second-order valence-corrected chi connectivity index (χ2v) is 7.34. The molecule has 2 aliphatic heterocycles. The van der Waals surface area contributed by atoms with Gasteiger partial charge in [-0.25, -0.2) is 0 Å². The number of nitrogens with one attached hydrogen (secondary N) is 1. The maximum absolute atomic E-state index is 6.46. The first kappa shape index (κ1) is 17.2. The van der Waals surface area contributed by atoms with Gasteiger partial charge in [-0.05, 0) is 43.4 Å². The molecule has 2 aromatic carbocycles. The Balaban J connectivity index is 1.86. The van der Waals surface area contributed by atoms with Crippen LogP contribution < -0.4 is 24.4 Å². The first-order valence-corrected chi connectivity index (χ1v) is 9.05. The minimum Gasteiger partial charge on any atom is -0.495 e. The van der Waals surface area contributed by atoms with Gasteiger partial charge in [-0.1, -0.05) is 23.7 Å². The van der Waals surface area contributed by atoms with Crippen molar-refractivity contribution in [3.63, 3.8) is 0 Å². The van der Waals surface area contributed by atoms with Crippen LogP contribution in [-0.4, -0.2) is 25.1 Å². The molecule has 1 N–H and O–H groups in total. The molecule has 0 spiro atoms. The van der Waals surface area contributed by atoms with Crippen molar-refractivity contribution < 1.29 is 14.2 Å². The van der Waals surface area contributed by atoms with E-state index in [0.717, 1.165) is 17.0 Å². The number of para-hydroxylation sites is 1. The summed E-state index contributed by atoms with van der Waals surface area (Å²) in [6, 6.07) is 11.4. The average Bonchev–Trinajstić information content (AvgIpc) is 2.61. The average molecular weight is 391 g/mol. The molecule has 0 amide bonds. The van der Waals surface area contributed by atoms with Crippen molar-refractivity contribution in [1.82, 2.24) is 5.32 Å². The van der Waals surface area contributed by atoms with Crippen molar-refractivity contribution in [3.05, 3.63) is 47.0 Å². The number of ether oxygens (including phenoxy) is 3. The van der Waals surface area contributed by atoms with Crippen LogP contribution in [0.1, 0.15) is 24.9 Å². The van der Waals surface area contributed by atoms with E-state index in [-0.39, 0.29) is 6.04 Å². The third kappa shape index (κ3) is 2.56. The fraction of sp³-hybridized carbons (Fsp3) is 0.316. The molecule has 7 heteroatoms. The zero-order chi connectivity index (χ0) is 18.5. The lowest BCUT2D eigenvalue weighted by atomic mass is 9.90. The molecule has 0 radical (unpaired) electrons. The number of anilines is 1. The minimum atomic E-state index is -0.702. The second kappa shape index (κ2) is 6.21. The summed E-state index contributed by atoms with van der Waals surface area (Å²) in [4.78, 5) is 1.93. The Labute approximate surface area is 162 Å². The van der Waals surface area contributed by atoms with Gasteiger partial charge in [0.05, 0.1) is 25.9 Å². The van der Waals surface area contributed by atoms with Crippen LogP contribution in [0.15, 0.2) is 36.4 Å². The van der Waals surface area contributed by atoms with Crippen LogP contribution >= 0.6 is 23.8 Å². The van der Waals surface area contributed by atoms with Gasteiger partial charge in [0.1, 0.15) is 5.75 Å². The Kier molecular flexibility index (Phi) is 4.12. The number of methoxy groups -OCH3 is 2. The normalized spacial score (nSPS) is 23.6. The van der Waals surface area contributed by atoms with E-state index < -0.39 is 5.72 Å². The lowest BCUT2D eigenvalue weighted by Crippen LogP contribution is -2.65. The fourth-order valence-electron chi connectivity index (χ4n) is 3.72. The number of hydrogen-bond donors (Lipinski definition) is 1. The van der Waals surface area contributed by atoms with Gasteiger partial charge < -0.3 is 19.5 Å². The van der Waals surface area contributed by atoms with Crippen LogP contribution in [0.2, 0.25) is 5.02 Å². The summed E-state index contributed by atoms with van der Waals surface area (Å²) >= 11 is 11.9. The van der Waals surface area contributed by atoms with E-state index in [1.165, 1.54) is 0 Å². The Morgan fingerprint density at radius 2 is 2.00 bits per heavy atom. The number of nitrogens with zero attached hydrogens (tertiary/aromatic N) is 1. The topological polar surface area (TPSA) is 43.0 Å². The van der Waals surface area contributed by atoms with Gasteiger partial charge in [0.2, 0.25) is 0 Å². The highest BCUT2D eigenvalue weighted by molar-refractivity contribution is 7.80. The zero-order valence-electron chi connectivity index (χ0n) is 14.7. The van der Waals surface area contributed by atoms with Crippen LogP contribution in [0, 0.1) is 0 Å². The highest BCUT2D eigenvalue weighted by Gasteiger charge is 2.49. The van der Waals surface area contributed by atoms with E-state index >= 15 is 0 Å². The number of benzene rings is 2. The molecule has 4 rings (SSSR count). The minimum absolute atomic E-state index is 0.0489. The molecular weight excluding hydrogens is 372 g/mol. The zero-order valence-corrected chi connectivity index (χ0v) is 16.3. The van der Waals surface area contributed by atoms with Crippen molar-refractivity contribution in [2.24, 2.45) is 0 Å². The van der Waals surface area contributed by atoms with Gasteiger partial charge in [-0.3, -0.25) is 4.90 Å². The van der Waals surface area contributed by atoms with Gasteiger partial charge in [0, 0.05) is 17.0 Å². The summed E-state index contributed by atoms with van der Waals surface area (Å²) in [5.41, 5.74) is 1.10. The van der Waals surface area contributed by atoms with E-state index in [4.69, 9.17) is 38.0 Å². The highest BCUT2D eigenvalue weighted by atomic mass is 35.5. The third-order valence-corrected chi connectivity index (χ3v) is 5.40. The smallest absolute Gasteiger partial charge is 0.188 e. The van der Waals surface area contributed by atoms with E-state index in [0.29, 0.717) is 28.1 Å². The summed E-state index contributed by atoms with van der Waals surface area (Å²) in [6.07, 6.45) is 0.711. The molecule has 2 aromatic rings. The highest BCUT2D eigenvalue weighted by Crippen LogP contribution is 2.50. The number of fused-ring (bicyclic) bond motifs is 4. The molecule has 2 bridgehead atoms. The predicted molar refractivity (Wildman–Crippen MR) is 106 cm³/mol. The first-order chi connectivity index (χ1) is 12.5. The maximum atomic E-state index is 6.46. The van der Waals surface area contributed by atoms with Gasteiger partial charge in [-0.2, -0.15) is 0 Å². The second-order valence-electron chi connectivity index (χ2n) is 6.51. The molecule has 136 valence electrons. The molecular formula is C19H19ClN2O3S. The molecule has 0 aliphatic carbocycles. The molecule has 26 heavy (non-hydrogen) atoms. The van der Waals surface area contributed by atoms with Gasteiger partial charge in [-0.15, -0.1) is 0 Å². The molecule has 0 saturated carbocycles. The quantitative estimate of drug-likeness (QED) is 0.788. The van der Waals surface area contributed by atoms with Gasteiger partial charge in [0.25, 0.3) is 0 Å². The van der Waals surface area contributed by atoms with E-state index in [2.05, 4.69) is 5.32 Å². The summed E-state index contributed by atoms with van der Waals surface area (Å²) in [5, 5.41) is 4.59. The number of hydrogen-bond acceptors (Lipinski definition) is 4. The predicted octanol–water partition coefficient (Wildman–Crippen LogP) is 4.29. The Bertz CT molecular complexity index is 891. The molecule has 1 saturated heterocycles. The Morgan fingerprint density at radius 3 is 2.73 bits per heavy atom. The molecule has 2 unspecified atom stereocenters. The number of thiocarbonyl (C=S) groups is 1. The van der Waals surface area contributed by atoms with Crippen LogP contribution in [-0.2, 0) is 0 Å². The molecule has 2 heterocycles. The SMILES string of the molecule is COc1ccc(Cl)cc1N1C(=S)NC2CC1(C)Oc1c(OC)cccc12. The van der Waals surface area contributed by atoms with Gasteiger partial charge >= 0.3 is 0 Å². The van der Waals surface area contributed by atoms with E-state index in [1.807, 2.05) is 42.2 Å². The monoisotopic (exact) mass is 390 g/mol. The lowest BCUT2D eigenvalue weighted by molar-refractivity contribution is 0.0461. The summed E-state index contributed by atoms with van der Waals surface area (Å²) in [5.74, 6) is 2.11. The van der Waals surface area contributed by atoms with Crippen molar-refractivity contribution >= 4 is 34.6 Å². The van der Waals surface area contributed by atoms with Crippen LogP contribution in [0.5, 0.6) is 17.2 Å². The lowest BCUT2D eigenvalue weighted by Gasteiger charge is -2.52. The van der Waals surface area contributed by atoms with Crippen LogP contribution in [0.25, 0.3) is 0 Å². The molecule has 2 atom stereocenters.